The van der Waals surface area contributed by atoms with Gasteiger partial charge in [0.25, 0.3) is 5.91 Å². The van der Waals surface area contributed by atoms with Gasteiger partial charge in [0.2, 0.25) is 0 Å². The predicted octanol–water partition coefficient (Wildman–Crippen LogP) is 2.08. The van der Waals surface area contributed by atoms with Crippen molar-refractivity contribution in [1.82, 2.24) is 19.7 Å². The predicted molar refractivity (Wildman–Crippen MR) is 90.9 cm³/mol. The minimum absolute atomic E-state index is 0.0962. The van der Waals surface area contributed by atoms with Crippen LogP contribution in [0.4, 0.5) is 10.1 Å². The molecule has 1 aromatic carbocycles. The smallest absolute Gasteiger partial charge is 0.257 e. The van der Waals surface area contributed by atoms with Crippen LogP contribution in [0.2, 0.25) is 0 Å². The molecule has 1 N–H and O–H groups in total. The molecule has 26 heavy (non-hydrogen) atoms. The third kappa shape index (κ3) is 4.19. The number of nitrogens with one attached hydrogen (secondary N) is 1. The summed E-state index contributed by atoms with van der Waals surface area (Å²) in [7, 11) is 1.53. The standard InChI is InChI=1S/C17H16FN5O3/c1-25-6-7-26-15-4-3-13(8-14(15)18)22-17(24)12-2-5-16(20-9-12)23-11-19-10-21-23/h2-5,8-11H,6-7H2,1H3,(H,22,24). The van der Waals surface area contributed by atoms with Gasteiger partial charge < -0.3 is 14.8 Å². The molecule has 0 fully saturated rings. The molecule has 0 unspecified atom stereocenters. The molecule has 0 aliphatic carbocycles. The second-order valence-electron chi connectivity index (χ2n) is 5.19. The van der Waals surface area contributed by atoms with Crippen molar-refractivity contribution in [1.29, 1.82) is 0 Å². The molecular weight excluding hydrogens is 341 g/mol. The first-order valence-electron chi connectivity index (χ1n) is 7.71. The topological polar surface area (TPSA) is 91.2 Å². The summed E-state index contributed by atoms with van der Waals surface area (Å²) >= 11 is 0. The normalized spacial score (nSPS) is 10.5. The van der Waals surface area contributed by atoms with Crippen molar-refractivity contribution in [3.63, 3.8) is 0 Å². The lowest BCUT2D eigenvalue weighted by molar-refractivity contribution is 0.102. The monoisotopic (exact) mass is 357 g/mol. The first kappa shape index (κ1) is 17.5. The first-order chi connectivity index (χ1) is 12.7. The summed E-state index contributed by atoms with van der Waals surface area (Å²) < 4.78 is 25.5. The van der Waals surface area contributed by atoms with Crippen LogP contribution < -0.4 is 10.1 Å². The third-order valence-electron chi connectivity index (χ3n) is 3.40. The van der Waals surface area contributed by atoms with E-state index in [1.807, 2.05) is 0 Å². The van der Waals surface area contributed by atoms with Crippen molar-refractivity contribution < 1.29 is 18.7 Å². The summed E-state index contributed by atoms with van der Waals surface area (Å²) in [6.45, 7) is 0.596. The molecule has 1 amide bonds. The molecule has 0 aliphatic heterocycles. The summed E-state index contributed by atoms with van der Waals surface area (Å²) in [5.41, 5.74) is 0.640. The van der Waals surface area contributed by atoms with Crippen LogP contribution in [0.3, 0.4) is 0 Å². The van der Waals surface area contributed by atoms with E-state index in [0.717, 1.165) is 0 Å². The Morgan fingerprint density at radius 3 is 2.81 bits per heavy atom. The molecule has 3 aromatic rings. The number of ether oxygens (including phenoxy) is 2. The van der Waals surface area contributed by atoms with Gasteiger partial charge in [0.15, 0.2) is 17.4 Å². The Bertz CT molecular complexity index is 869. The van der Waals surface area contributed by atoms with E-state index in [0.29, 0.717) is 23.7 Å². The molecule has 0 bridgehead atoms. The maximum atomic E-state index is 14.0. The maximum Gasteiger partial charge on any atom is 0.257 e. The number of hydrogen-bond acceptors (Lipinski definition) is 6. The third-order valence-corrected chi connectivity index (χ3v) is 3.40. The number of anilines is 1. The van der Waals surface area contributed by atoms with Crippen molar-refractivity contribution in [3.8, 4) is 11.6 Å². The second kappa shape index (κ2) is 8.17. The van der Waals surface area contributed by atoms with E-state index in [2.05, 4.69) is 20.4 Å². The van der Waals surface area contributed by atoms with Gasteiger partial charge in [-0.05, 0) is 24.3 Å². The van der Waals surface area contributed by atoms with Crippen molar-refractivity contribution in [2.75, 3.05) is 25.6 Å². The Morgan fingerprint density at radius 1 is 1.27 bits per heavy atom. The van der Waals surface area contributed by atoms with E-state index in [1.54, 1.807) is 18.2 Å². The van der Waals surface area contributed by atoms with Gasteiger partial charge in [-0.25, -0.2) is 19.0 Å². The summed E-state index contributed by atoms with van der Waals surface area (Å²) in [4.78, 5) is 20.2. The molecule has 3 rings (SSSR count). The van der Waals surface area contributed by atoms with Gasteiger partial charge in [0.05, 0.1) is 12.2 Å². The lowest BCUT2D eigenvalue weighted by Crippen LogP contribution is -2.13. The quantitative estimate of drug-likeness (QED) is 0.651. The number of hydrogen-bond donors (Lipinski definition) is 1. The SMILES string of the molecule is COCCOc1ccc(NC(=O)c2ccc(-n3cncn3)nc2)cc1F. The molecule has 0 saturated carbocycles. The molecule has 2 aromatic heterocycles. The zero-order valence-electron chi connectivity index (χ0n) is 13.9. The summed E-state index contributed by atoms with van der Waals surface area (Å²) in [5, 5.41) is 6.57. The molecule has 9 heteroatoms. The Morgan fingerprint density at radius 2 is 2.15 bits per heavy atom. The number of pyridine rings is 1. The minimum atomic E-state index is -0.571. The van der Waals surface area contributed by atoms with Gasteiger partial charge in [0.1, 0.15) is 19.3 Å². The van der Waals surface area contributed by atoms with Crippen LogP contribution in [-0.4, -0.2) is 46.0 Å². The Kier molecular flexibility index (Phi) is 5.49. The van der Waals surface area contributed by atoms with E-state index in [1.165, 1.54) is 42.8 Å². The number of nitrogens with zero attached hydrogens (tertiary/aromatic N) is 4. The second-order valence-corrected chi connectivity index (χ2v) is 5.19. The van der Waals surface area contributed by atoms with Crippen molar-refractivity contribution in [2.45, 2.75) is 0 Å². The molecule has 0 atom stereocenters. The van der Waals surface area contributed by atoms with Crippen molar-refractivity contribution in [3.05, 3.63) is 60.6 Å². The highest BCUT2D eigenvalue weighted by Gasteiger charge is 2.10. The van der Waals surface area contributed by atoms with E-state index < -0.39 is 11.7 Å². The molecule has 0 radical (unpaired) electrons. The Hall–Kier alpha value is -3.33. The van der Waals surface area contributed by atoms with Gasteiger partial charge in [-0.3, -0.25) is 4.79 Å². The molecule has 8 nitrogen and oxygen atoms in total. The molecule has 0 spiro atoms. The number of methoxy groups -OCH3 is 1. The fourth-order valence-corrected chi connectivity index (χ4v) is 2.12. The Balaban J connectivity index is 1.65. The lowest BCUT2D eigenvalue weighted by atomic mass is 10.2. The van der Waals surface area contributed by atoms with Crippen LogP contribution in [0.25, 0.3) is 5.82 Å². The fourth-order valence-electron chi connectivity index (χ4n) is 2.12. The number of carbonyl (C=O) groups excluding carboxylic acids is 1. The van der Waals surface area contributed by atoms with Crippen LogP contribution >= 0.6 is 0 Å². The number of halogens is 1. The van der Waals surface area contributed by atoms with Gasteiger partial charge >= 0.3 is 0 Å². The van der Waals surface area contributed by atoms with Gasteiger partial charge in [-0.15, -0.1) is 0 Å². The number of rotatable bonds is 7. The van der Waals surface area contributed by atoms with Crippen molar-refractivity contribution in [2.24, 2.45) is 0 Å². The molecule has 134 valence electrons. The zero-order valence-corrected chi connectivity index (χ0v) is 13.9. The van der Waals surface area contributed by atoms with Crippen LogP contribution in [0.15, 0.2) is 49.2 Å². The average molecular weight is 357 g/mol. The number of amides is 1. The lowest BCUT2D eigenvalue weighted by Gasteiger charge is -2.09. The summed E-state index contributed by atoms with van der Waals surface area (Å²) in [5.74, 6) is -0.352. The zero-order chi connectivity index (χ0) is 18.4. The van der Waals surface area contributed by atoms with E-state index >= 15 is 0 Å². The van der Waals surface area contributed by atoms with Crippen LogP contribution in [0.5, 0.6) is 5.75 Å². The number of benzene rings is 1. The van der Waals surface area contributed by atoms with E-state index in [4.69, 9.17) is 9.47 Å². The van der Waals surface area contributed by atoms with Crippen LogP contribution in [0.1, 0.15) is 10.4 Å². The van der Waals surface area contributed by atoms with Gasteiger partial charge in [0, 0.05) is 25.1 Å². The Labute approximate surface area is 148 Å². The summed E-state index contributed by atoms with van der Waals surface area (Å²) in [6, 6.07) is 7.43. The highest BCUT2D eigenvalue weighted by atomic mass is 19.1. The summed E-state index contributed by atoms with van der Waals surface area (Å²) in [6.07, 6.45) is 4.30. The molecule has 0 saturated heterocycles. The van der Waals surface area contributed by atoms with Crippen LogP contribution in [-0.2, 0) is 4.74 Å². The highest BCUT2D eigenvalue weighted by molar-refractivity contribution is 6.04. The van der Waals surface area contributed by atoms with Gasteiger partial charge in [-0.1, -0.05) is 0 Å². The van der Waals surface area contributed by atoms with E-state index in [-0.39, 0.29) is 12.4 Å². The van der Waals surface area contributed by atoms with E-state index in [9.17, 15) is 9.18 Å². The maximum absolute atomic E-state index is 14.0. The fraction of sp³-hybridized carbons (Fsp3) is 0.176. The highest BCUT2D eigenvalue weighted by Crippen LogP contribution is 2.21. The number of carbonyl (C=O) groups is 1. The first-order valence-corrected chi connectivity index (χ1v) is 7.71. The molecule has 0 aliphatic rings. The van der Waals surface area contributed by atoms with Crippen LogP contribution in [0, 0.1) is 5.82 Å². The van der Waals surface area contributed by atoms with Crippen molar-refractivity contribution >= 4 is 11.6 Å². The average Bonchev–Trinajstić information content (AvgIpc) is 3.18. The van der Waals surface area contributed by atoms with Gasteiger partial charge in [-0.2, -0.15) is 5.10 Å². The largest absolute Gasteiger partial charge is 0.488 e. The molecular formula is C17H16FN5O3. The molecule has 2 heterocycles. The minimum Gasteiger partial charge on any atom is -0.488 e. The number of aromatic nitrogens is 4.